The van der Waals surface area contributed by atoms with Crippen LogP contribution in [0.2, 0.25) is 0 Å². The Morgan fingerprint density at radius 2 is 1.65 bits per heavy atom. The molecule has 1 aliphatic carbocycles. The largest absolute Gasteiger partial charge is 0.372 e. The van der Waals surface area contributed by atoms with Gasteiger partial charge in [-0.2, -0.15) is 13.0 Å². The van der Waals surface area contributed by atoms with Crippen molar-refractivity contribution in [1.29, 1.82) is 0 Å². The minimum atomic E-state index is -4.40. The van der Waals surface area contributed by atoms with E-state index >= 15 is 0 Å². The van der Waals surface area contributed by atoms with Gasteiger partial charge in [-0.15, -0.1) is 4.33 Å². The van der Waals surface area contributed by atoms with Gasteiger partial charge in [0.1, 0.15) is 19.2 Å². The molecule has 2 atom stereocenters. The fourth-order valence-electron chi connectivity index (χ4n) is 8.02. The van der Waals surface area contributed by atoms with Crippen molar-refractivity contribution in [2.45, 2.75) is 67.4 Å². The first-order valence-corrected chi connectivity index (χ1v) is 18.8. The van der Waals surface area contributed by atoms with Crippen molar-refractivity contribution in [3.63, 3.8) is 0 Å². The standard InChI is InChI=1S/C37H42N4O9S2/c1-36(2)25-19-23(51-50-49-45)13-15-27(25)38(5)29(36)17-11-21-9-10-22(31(21)32-33(42)40(7)35(44)41(8)34(32)43)12-18-30-37(3,4)26-20-24(52(46,47)48)14-16-28(26)39(30)6/h11-20,32-33,42H,9-10H2,1-8H3,(H-,45,46,47,48)/p+1. The van der Waals surface area contributed by atoms with Crippen molar-refractivity contribution in [1.82, 2.24) is 9.80 Å². The third kappa shape index (κ3) is 6.13. The molecule has 0 bridgehead atoms. The molecule has 0 saturated carbocycles. The van der Waals surface area contributed by atoms with E-state index < -0.39 is 45.0 Å². The second-order valence-electron chi connectivity index (χ2n) is 14.5. The van der Waals surface area contributed by atoms with Gasteiger partial charge in [-0.05, 0) is 85.4 Å². The molecule has 3 aliphatic heterocycles. The summed E-state index contributed by atoms with van der Waals surface area (Å²) in [4.78, 5) is 31.3. The molecule has 3 amide bonds. The zero-order valence-electron chi connectivity index (χ0n) is 30.2. The maximum absolute atomic E-state index is 13.8. The minimum absolute atomic E-state index is 0.181. The van der Waals surface area contributed by atoms with Crippen molar-refractivity contribution in [3.8, 4) is 0 Å². The molecular weight excluding hydrogens is 709 g/mol. The molecule has 2 aromatic carbocycles. The molecule has 52 heavy (non-hydrogen) atoms. The molecule has 6 rings (SSSR count). The van der Waals surface area contributed by atoms with Gasteiger partial charge in [0.15, 0.2) is 5.71 Å². The summed E-state index contributed by atoms with van der Waals surface area (Å²) < 4.78 is 40.4. The predicted molar refractivity (Wildman–Crippen MR) is 196 cm³/mol. The van der Waals surface area contributed by atoms with E-state index in [1.165, 1.54) is 31.1 Å². The molecule has 2 unspecified atom stereocenters. The first-order valence-electron chi connectivity index (χ1n) is 16.6. The number of benzene rings is 2. The average Bonchev–Trinajstić information content (AvgIpc) is 3.64. The van der Waals surface area contributed by atoms with Crippen molar-refractivity contribution in [2.24, 2.45) is 5.92 Å². The lowest BCUT2D eigenvalue weighted by molar-refractivity contribution is -0.432. The van der Waals surface area contributed by atoms with Gasteiger partial charge in [0.2, 0.25) is 11.6 Å². The number of fused-ring (bicyclic) bond motifs is 2. The van der Waals surface area contributed by atoms with Crippen molar-refractivity contribution in [3.05, 3.63) is 94.2 Å². The van der Waals surface area contributed by atoms with Crippen LogP contribution >= 0.6 is 12.0 Å². The monoisotopic (exact) mass is 751 g/mol. The van der Waals surface area contributed by atoms with Crippen LogP contribution in [0.3, 0.4) is 0 Å². The number of likely N-dealkylation sites (N-methyl/N-ethyl adjacent to an activating group) is 1. The summed E-state index contributed by atoms with van der Waals surface area (Å²) >= 11 is 0.891. The highest BCUT2D eigenvalue weighted by molar-refractivity contribution is 7.94. The Kier molecular flexibility index (Phi) is 9.70. The molecule has 276 valence electrons. The topological polar surface area (TPSA) is 160 Å². The summed E-state index contributed by atoms with van der Waals surface area (Å²) in [6, 6.07) is 9.77. The van der Waals surface area contributed by atoms with Gasteiger partial charge in [-0.25, -0.2) is 10.1 Å². The number of urea groups is 1. The molecule has 15 heteroatoms. The average molecular weight is 752 g/mol. The Bertz CT molecular complexity index is 2150. The number of imide groups is 1. The number of nitrogens with zero attached hydrogens (tertiary/aromatic N) is 4. The molecule has 0 spiro atoms. The van der Waals surface area contributed by atoms with Crippen LogP contribution in [0.15, 0.2) is 92.9 Å². The number of carbonyl (C=O) groups excluding carboxylic acids is 2. The number of rotatable bonds is 8. The Hall–Kier alpha value is -4.09. The van der Waals surface area contributed by atoms with Crippen LogP contribution in [0.4, 0.5) is 16.2 Å². The summed E-state index contributed by atoms with van der Waals surface area (Å²) in [6.07, 6.45) is 7.70. The SMILES string of the molecule is CN1C(=O)C(C2=C(/C=C/C3=[N+](C)c4ccc(SOOO)cc4C3(C)C)CC/C2=C\C=C2\N(C)c3ccc(S(=O)(=O)O)cc3C2(C)C)C(O)N(C)C1=O. The molecule has 2 aromatic rings. The number of amides is 3. The van der Waals surface area contributed by atoms with E-state index in [2.05, 4.69) is 27.8 Å². The molecule has 3 heterocycles. The van der Waals surface area contributed by atoms with Crippen LogP contribution in [0.1, 0.15) is 51.7 Å². The van der Waals surface area contributed by atoms with E-state index in [0.717, 1.165) is 66.9 Å². The number of aliphatic hydroxyl groups excluding tert-OH is 1. The lowest BCUT2D eigenvalue weighted by Crippen LogP contribution is -2.59. The maximum Gasteiger partial charge on any atom is 0.328 e. The van der Waals surface area contributed by atoms with Crippen LogP contribution in [0.25, 0.3) is 0 Å². The first kappa shape index (κ1) is 37.7. The van der Waals surface area contributed by atoms with Crippen molar-refractivity contribution in [2.75, 3.05) is 33.1 Å². The lowest BCUT2D eigenvalue weighted by Gasteiger charge is -2.40. The summed E-state index contributed by atoms with van der Waals surface area (Å²) in [5.74, 6) is -1.54. The summed E-state index contributed by atoms with van der Waals surface area (Å²) in [5.41, 5.74) is 6.70. The Morgan fingerprint density at radius 3 is 2.33 bits per heavy atom. The van der Waals surface area contributed by atoms with Gasteiger partial charge in [-0.3, -0.25) is 14.2 Å². The number of hydrogen-bond donors (Lipinski definition) is 3. The minimum Gasteiger partial charge on any atom is -0.372 e. The van der Waals surface area contributed by atoms with Gasteiger partial charge in [0, 0.05) is 60.5 Å². The number of carbonyl (C=O) groups is 2. The van der Waals surface area contributed by atoms with E-state index in [0.29, 0.717) is 18.4 Å². The summed E-state index contributed by atoms with van der Waals surface area (Å²) in [7, 11) is 2.36. The number of allylic oxidation sites excluding steroid dienone is 7. The Labute approximate surface area is 307 Å². The normalized spacial score (nSPS) is 24.4. The van der Waals surface area contributed by atoms with Crippen LogP contribution in [0.5, 0.6) is 0 Å². The molecular formula is C37H43N4O9S2+. The fourth-order valence-corrected chi connectivity index (χ4v) is 8.93. The first-order chi connectivity index (χ1) is 24.3. The number of aliphatic hydroxyl groups is 1. The van der Waals surface area contributed by atoms with E-state index in [-0.39, 0.29) is 4.90 Å². The zero-order chi connectivity index (χ0) is 38.1. The number of hydrogen-bond acceptors (Lipinski definition) is 10. The summed E-state index contributed by atoms with van der Waals surface area (Å²) in [5, 5.41) is 23.8. The van der Waals surface area contributed by atoms with Gasteiger partial charge in [0.05, 0.1) is 22.4 Å². The van der Waals surface area contributed by atoms with Crippen LogP contribution < -0.4 is 4.90 Å². The van der Waals surface area contributed by atoms with Crippen molar-refractivity contribution >= 4 is 51.2 Å². The Morgan fingerprint density at radius 1 is 0.942 bits per heavy atom. The third-order valence-corrected chi connectivity index (χ3v) is 12.3. The lowest BCUT2D eigenvalue weighted by atomic mass is 9.81. The maximum atomic E-state index is 13.8. The van der Waals surface area contributed by atoms with E-state index in [9.17, 15) is 27.7 Å². The van der Waals surface area contributed by atoms with Crippen LogP contribution in [-0.4, -0.2) is 89.8 Å². The highest BCUT2D eigenvalue weighted by atomic mass is 32.2. The highest BCUT2D eigenvalue weighted by Gasteiger charge is 2.47. The molecule has 1 fully saturated rings. The second kappa shape index (κ2) is 13.4. The molecule has 0 aromatic heterocycles. The molecule has 13 nitrogen and oxygen atoms in total. The molecule has 0 radical (unpaired) electrons. The molecule has 3 N–H and O–H groups in total. The van der Waals surface area contributed by atoms with E-state index in [1.807, 2.05) is 75.3 Å². The van der Waals surface area contributed by atoms with Crippen LogP contribution in [0, 0.1) is 5.92 Å². The summed E-state index contributed by atoms with van der Waals surface area (Å²) in [6.45, 7) is 8.16. The van der Waals surface area contributed by atoms with E-state index in [4.69, 9.17) is 5.26 Å². The number of anilines is 1. The third-order valence-electron chi connectivity index (χ3n) is 10.9. The van der Waals surface area contributed by atoms with Gasteiger partial charge in [0.25, 0.3) is 10.1 Å². The fraction of sp³-hybridized carbons (Fsp3) is 0.378. The zero-order valence-corrected chi connectivity index (χ0v) is 31.9. The smallest absolute Gasteiger partial charge is 0.328 e. The van der Waals surface area contributed by atoms with Gasteiger partial charge in [-0.1, -0.05) is 31.0 Å². The van der Waals surface area contributed by atoms with Crippen molar-refractivity contribution < 1.29 is 46.9 Å². The second-order valence-corrected chi connectivity index (χ2v) is 16.7. The predicted octanol–water partition coefficient (Wildman–Crippen LogP) is 5.71. The molecule has 4 aliphatic rings. The van der Waals surface area contributed by atoms with Gasteiger partial charge < -0.3 is 14.9 Å². The van der Waals surface area contributed by atoms with Crippen LogP contribution in [-0.2, 0) is 35.1 Å². The van der Waals surface area contributed by atoms with E-state index in [1.54, 1.807) is 6.07 Å². The van der Waals surface area contributed by atoms with Gasteiger partial charge >= 0.3 is 6.03 Å². The quantitative estimate of drug-likeness (QED) is 0.0997. The molecule has 1 saturated heterocycles. The Balaban J connectivity index is 1.44. The highest BCUT2D eigenvalue weighted by Crippen LogP contribution is 2.49.